The highest BCUT2D eigenvalue weighted by Gasteiger charge is 2.37. The van der Waals surface area contributed by atoms with Crippen LogP contribution in [0.2, 0.25) is 10.0 Å². The van der Waals surface area contributed by atoms with E-state index in [4.69, 9.17) is 23.2 Å². The SMILES string of the molecule is O=C(NCc1ccc(Cl)cc1Cl)C1CCN(c2ccc(F)cc2)C1=O. The van der Waals surface area contributed by atoms with E-state index in [1.54, 1.807) is 18.2 Å². The lowest BCUT2D eigenvalue weighted by Crippen LogP contribution is -2.36. The Morgan fingerprint density at radius 2 is 1.92 bits per heavy atom. The van der Waals surface area contributed by atoms with Crippen LogP contribution < -0.4 is 10.2 Å². The number of hydrogen-bond donors (Lipinski definition) is 1. The highest BCUT2D eigenvalue weighted by Crippen LogP contribution is 2.26. The highest BCUT2D eigenvalue weighted by atomic mass is 35.5. The molecule has 0 radical (unpaired) electrons. The van der Waals surface area contributed by atoms with Crippen LogP contribution in [0, 0.1) is 11.7 Å². The largest absolute Gasteiger partial charge is 0.351 e. The third-order valence-electron chi connectivity index (χ3n) is 4.13. The van der Waals surface area contributed by atoms with Gasteiger partial charge in [-0.15, -0.1) is 0 Å². The summed E-state index contributed by atoms with van der Waals surface area (Å²) in [5, 5.41) is 3.71. The van der Waals surface area contributed by atoms with Gasteiger partial charge in [0.1, 0.15) is 11.7 Å². The van der Waals surface area contributed by atoms with Crippen LogP contribution in [-0.4, -0.2) is 18.4 Å². The Morgan fingerprint density at radius 1 is 1.20 bits per heavy atom. The predicted molar refractivity (Wildman–Crippen MR) is 95.2 cm³/mol. The lowest BCUT2D eigenvalue weighted by Gasteiger charge is -2.16. The number of carbonyl (C=O) groups excluding carboxylic acids is 2. The molecule has 0 saturated carbocycles. The molecule has 1 heterocycles. The van der Waals surface area contributed by atoms with E-state index in [1.807, 2.05) is 0 Å². The van der Waals surface area contributed by atoms with Gasteiger partial charge in [0.25, 0.3) is 0 Å². The summed E-state index contributed by atoms with van der Waals surface area (Å²) in [6.45, 7) is 0.638. The number of carbonyl (C=O) groups is 2. The third-order valence-corrected chi connectivity index (χ3v) is 4.72. The molecule has 1 atom stereocenters. The van der Waals surface area contributed by atoms with Gasteiger partial charge in [-0.05, 0) is 48.4 Å². The molecule has 2 amide bonds. The van der Waals surface area contributed by atoms with E-state index < -0.39 is 5.92 Å². The topological polar surface area (TPSA) is 49.4 Å². The fourth-order valence-corrected chi connectivity index (χ4v) is 3.25. The Kier molecular flexibility index (Phi) is 5.25. The fourth-order valence-electron chi connectivity index (χ4n) is 2.77. The molecule has 2 aromatic carbocycles. The molecule has 7 heteroatoms. The van der Waals surface area contributed by atoms with Crippen LogP contribution in [0.5, 0.6) is 0 Å². The van der Waals surface area contributed by atoms with Crippen molar-refractivity contribution in [3.05, 3.63) is 63.9 Å². The van der Waals surface area contributed by atoms with Gasteiger partial charge in [-0.1, -0.05) is 29.3 Å². The summed E-state index contributed by atoms with van der Waals surface area (Å²) in [5.41, 5.74) is 1.31. The molecule has 1 N–H and O–H groups in total. The minimum Gasteiger partial charge on any atom is -0.351 e. The van der Waals surface area contributed by atoms with Gasteiger partial charge in [0, 0.05) is 28.8 Å². The van der Waals surface area contributed by atoms with Gasteiger partial charge in [0.15, 0.2) is 0 Å². The van der Waals surface area contributed by atoms with E-state index in [0.717, 1.165) is 5.56 Å². The van der Waals surface area contributed by atoms with E-state index in [0.29, 0.717) is 28.7 Å². The number of nitrogens with one attached hydrogen (secondary N) is 1. The first-order valence-corrected chi connectivity index (χ1v) is 8.50. The summed E-state index contributed by atoms with van der Waals surface area (Å²) >= 11 is 11.9. The molecular weight excluding hydrogens is 366 g/mol. The summed E-state index contributed by atoms with van der Waals surface area (Å²) in [7, 11) is 0. The second kappa shape index (κ2) is 7.42. The van der Waals surface area contributed by atoms with Crippen LogP contribution in [0.4, 0.5) is 10.1 Å². The zero-order valence-electron chi connectivity index (χ0n) is 13.1. The Balaban J connectivity index is 1.63. The third kappa shape index (κ3) is 3.94. The van der Waals surface area contributed by atoms with Crippen molar-refractivity contribution in [2.24, 2.45) is 5.92 Å². The summed E-state index contributed by atoms with van der Waals surface area (Å²) in [6.07, 6.45) is 0.413. The van der Waals surface area contributed by atoms with Crippen LogP contribution in [0.3, 0.4) is 0 Å². The van der Waals surface area contributed by atoms with Crippen molar-refractivity contribution >= 4 is 40.7 Å². The van der Waals surface area contributed by atoms with Crippen molar-refractivity contribution in [3.63, 3.8) is 0 Å². The van der Waals surface area contributed by atoms with Gasteiger partial charge in [-0.3, -0.25) is 9.59 Å². The smallest absolute Gasteiger partial charge is 0.239 e. The number of rotatable bonds is 4. The van der Waals surface area contributed by atoms with Crippen molar-refractivity contribution in [2.75, 3.05) is 11.4 Å². The number of halogens is 3. The maximum Gasteiger partial charge on any atom is 0.239 e. The van der Waals surface area contributed by atoms with Crippen LogP contribution >= 0.6 is 23.2 Å². The monoisotopic (exact) mass is 380 g/mol. The van der Waals surface area contributed by atoms with Crippen molar-refractivity contribution in [1.82, 2.24) is 5.32 Å². The Bertz CT molecular complexity index is 811. The molecule has 1 fully saturated rings. The van der Waals surface area contributed by atoms with Crippen LogP contribution in [0.15, 0.2) is 42.5 Å². The molecule has 0 aromatic heterocycles. The molecule has 3 rings (SSSR count). The molecule has 4 nitrogen and oxygen atoms in total. The van der Waals surface area contributed by atoms with Crippen molar-refractivity contribution in [1.29, 1.82) is 0 Å². The summed E-state index contributed by atoms with van der Waals surface area (Å²) in [4.78, 5) is 26.3. The molecule has 25 heavy (non-hydrogen) atoms. The molecule has 1 saturated heterocycles. The maximum absolute atomic E-state index is 13.0. The Labute approximate surface area is 154 Å². The molecule has 2 aromatic rings. The Morgan fingerprint density at radius 3 is 2.60 bits per heavy atom. The number of benzene rings is 2. The molecule has 1 unspecified atom stereocenters. The molecule has 0 bridgehead atoms. The summed E-state index contributed by atoms with van der Waals surface area (Å²) in [6, 6.07) is 10.7. The first kappa shape index (κ1) is 17.7. The zero-order chi connectivity index (χ0) is 18.0. The summed E-state index contributed by atoms with van der Waals surface area (Å²) in [5.74, 6) is -1.76. The van der Waals surface area contributed by atoms with Gasteiger partial charge < -0.3 is 10.2 Å². The van der Waals surface area contributed by atoms with Gasteiger partial charge in [-0.25, -0.2) is 4.39 Å². The second-order valence-electron chi connectivity index (χ2n) is 5.76. The average Bonchev–Trinajstić information content (AvgIpc) is 2.96. The standard InChI is InChI=1S/C18H15Cl2FN2O2/c19-12-2-1-11(16(20)9-12)10-22-17(24)15-7-8-23(18(15)25)14-5-3-13(21)4-6-14/h1-6,9,15H,7-8,10H2,(H,22,24). The fraction of sp³-hybridized carbons (Fsp3) is 0.222. The van der Waals surface area contributed by atoms with E-state index >= 15 is 0 Å². The van der Waals surface area contributed by atoms with Gasteiger partial charge >= 0.3 is 0 Å². The molecule has 0 aliphatic carbocycles. The maximum atomic E-state index is 13.0. The molecule has 1 aliphatic rings. The highest BCUT2D eigenvalue weighted by molar-refractivity contribution is 6.35. The predicted octanol–water partition coefficient (Wildman–Crippen LogP) is 3.80. The van der Waals surface area contributed by atoms with E-state index in [9.17, 15) is 14.0 Å². The van der Waals surface area contributed by atoms with E-state index in [2.05, 4.69) is 5.32 Å². The van der Waals surface area contributed by atoms with Crippen LogP contribution in [-0.2, 0) is 16.1 Å². The number of amides is 2. The molecule has 130 valence electrons. The summed E-state index contributed by atoms with van der Waals surface area (Å²) < 4.78 is 13.0. The van der Waals surface area contributed by atoms with Crippen molar-refractivity contribution in [2.45, 2.75) is 13.0 Å². The van der Waals surface area contributed by atoms with Gasteiger partial charge in [-0.2, -0.15) is 0 Å². The quantitative estimate of drug-likeness (QED) is 0.820. The molecular formula is C18H15Cl2FN2O2. The van der Waals surface area contributed by atoms with Crippen LogP contribution in [0.25, 0.3) is 0 Å². The minimum atomic E-state index is -0.754. The second-order valence-corrected chi connectivity index (χ2v) is 6.60. The molecule has 1 aliphatic heterocycles. The average molecular weight is 381 g/mol. The van der Waals surface area contributed by atoms with Gasteiger partial charge in [0.2, 0.25) is 11.8 Å². The minimum absolute atomic E-state index is 0.217. The lowest BCUT2D eigenvalue weighted by molar-refractivity contribution is -0.132. The lowest BCUT2D eigenvalue weighted by atomic mass is 10.1. The zero-order valence-corrected chi connectivity index (χ0v) is 14.6. The number of anilines is 1. The van der Waals surface area contributed by atoms with Crippen molar-refractivity contribution < 1.29 is 14.0 Å². The first-order valence-electron chi connectivity index (χ1n) is 7.74. The number of hydrogen-bond acceptors (Lipinski definition) is 2. The van der Waals surface area contributed by atoms with E-state index in [-0.39, 0.29) is 24.2 Å². The van der Waals surface area contributed by atoms with E-state index in [1.165, 1.54) is 29.2 Å². The molecule has 0 spiro atoms. The van der Waals surface area contributed by atoms with Crippen LogP contribution in [0.1, 0.15) is 12.0 Å². The first-order chi connectivity index (χ1) is 12.0. The Hall–Kier alpha value is -2.11. The van der Waals surface area contributed by atoms with Crippen molar-refractivity contribution in [3.8, 4) is 0 Å². The normalized spacial score (nSPS) is 17.0. The number of nitrogens with zero attached hydrogens (tertiary/aromatic N) is 1. The van der Waals surface area contributed by atoms with Gasteiger partial charge in [0.05, 0.1) is 0 Å².